The molecule has 3 aromatic rings. The first-order valence-corrected chi connectivity index (χ1v) is 19.0. The number of guanidine groups is 1. The number of anilines is 2. The Morgan fingerprint density at radius 1 is 0.825 bits per heavy atom. The molecule has 1 fully saturated rings. The highest BCUT2D eigenvalue weighted by Gasteiger charge is 2.50. The van der Waals surface area contributed by atoms with Gasteiger partial charge in [-0.15, -0.1) is 4.99 Å². The molecule has 1 aliphatic heterocycles. The Hall–Kier alpha value is -5.76. The van der Waals surface area contributed by atoms with Crippen LogP contribution in [0.3, 0.4) is 0 Å². The lowest BCUT2D eigenvalue weighted by Gasteiger charge is -2.47. The van der Waals surface area contributed by atoms with Gasteiger partial charge in [-0.05, 0) is 83.7 Å². The molecule has 4 rings (SSSR count). The van der Waals surface area contributed by atoms with Crippen LogP contribution in [-0.4, -0.2) is 84.4 Å². The largest absolute Gasteiger partial charge is 0.467 e. The Morgan fingerprint density at radius 2 is 1.40 bits per heavy atom. The van der Waals surface area contributed by atoms with Crippen molar-refractivity contribution in [3.8, 4) is 0 Å². The summed E-state index contributed by atoms with van der Waals surface area (Å²) in [6.07, 6.45) is -1.61. The molecule has 3 amide bonds. The molecule has 57 heavy (non-hydrogen) atoms. The van der Waals surface area contributed by atoms with E-state index >= 15 is 0 Å². The number of nitrogens with zero attached hydrogens (tertiary/aromatic N) is 4. The summed E-state index contributed by atoms with van der Waals surface area (Å²) < 4.78 is 22.1. The smallest absolute Gasteiger partial charge is 0.437 e. The van der Waals surface area contributed by atoms with Crippen LogP contribution in [0, 0.1) is 0 Å². The van der Waals surface area contributed by atoms with E-state index in [0.29, 0.717) is 19.6 Å². The van der Waals surface area contributed by atoms with Crippen molar-refractivity contribution in [2.24, 2.45) is 10.7 Å². The molecule has 306 valence electrons. The van der Waals surface area contributed by atoms with Crippen molar-refractivity contribution in [3.05, 3.63) is 96.1 Å². The van der Waals surface area contributed by atoms with Crippen molar-refractivity contribution in [2.45, 2.75) is 97.0 Å². The molecule has 1 aliphatic rings. The summed E-state index contributed by atoms with van der Waals surface area (Å²) in [4.78, 5) is 76.1. The number of ether oxygens (including phenoxy) is 4. The molecule has 0 radical (unpaired) electrons. The molecule has 0 aliphatic carbocycles. The van der Waals surface area contributed by atoms with Gasteiger partial charge in [-0.1, -0.05) is 73.7 Å². The van der Waals surface area contributed by atoms with Crippen molar-refractivity contribution in [3.63, 3.8) is 0 Å². The van der Waals surface area contributed by atoms with E-state index in [0.717, 1.165) is 16.0 Å². The molecule has 0 spiro atoms. The second kappa shape index (κ2) is 18.9. The molecular weight excluding hydrogens is 730 g/mol. The summed E-state index contributed by atoms with van der Waals surface area (Å²) in [6, 6.07) is 25.1. The van der Waals surface area contributed by atoms with Crippen LogP contribution in [0.1, 0.15) is 84.8 Å². The fourth-order valence-corrected chi connectivity index (χ4v) is 6.53. The predicted octanol–water partition coefficient (Wildman–Crippen LogP) is 6.96. The highest BCUT2D eigenvalue weighted by atomic mass is 16.6. The van der Waals surface area contributed by atoms with Crippen LogP contribution in [0.4, 0.5) is 21.0 Å². The molecule has 1 heterocycles. The van der Waals surface area contributed by atoms with Gasteiger partial charge >= 0.3 is 24.1 Å². The fraction of sp³-hybridized carbons (Fsp3) is 0.442. The molecular formula is C43H55N5O9. The van der Waals surface area contributed by atoms with Gasteiger partial charge in [0.15, 0.2) is 0 Å². The monoisotopic (exact) mass is 785 g/mol. The van der Waals surface area contributed by atoms with Crippen molar-refractivity contribution < 1.29 is 42.9 Å². The number of carbonyl (C=O) groups excluding carboxylic acids is 5. The molecule has 14 heteroatoms. The van der Waals surface area contributed by atoms with E-state index in [1.54, 1.807) is 60.6 Å². The summed E-state index contributed by atoms with van der Waals surface area (Å²) >= 11 is 0. The topological polar surface area (TPSA) is 170 Å². The lowest BCUT2D eigenvalue weighted by Crippen LogP contribution is -2.63. The number of hydrogen-bond donors (Lipinski definition) is 1. The van der Waals surface area contributed by atoms with Gasteiger partial charge in [-0.2, -0.15) is 0 Å². The third-order valence-corrected chi connectivity index (χ3v) is 9.13. The second-order valence-electron chi connectivity index (χ2n) is 15.7. The maximum Gasteiger partial charge on any atom is 0.437 e. The van der Waals surface area contributed by atoms with E-state index in [1.807, 2.05) is 60.7 Å². The number of benzene rings is 3. The summed E-state index contributed by atoms with van der Waals surface area (Å²) in [5, 5.41) is 0. The molecule has 3 aromatic carbocycles. The van der Waals surface area contributed by atoms with E-state index < -0.39 is 46.8 Å². The first kappa shape index (κ1) is 44.0. The second-order valence-corrected chi connectivity index (χ2v) is 15.7. The first-order chi connectivity index (χ1) is 26.9. The summed E-state index contributed by atoms with van der Waals surface area (Å²) in [6.45, 7) is 12.8. The number of rotatable bonds is 11. The number of carbonyl (C=O) groups is 5. The number of nitrogens with two attached hydrogens (primary N) is 1. The molecule has 2 N–H and O–H groups in total. The zero-order valence-corrected chi connectivity index (χ0v) is 34.2. The molecule has 0 bridgehead atoms. The van der Waals surface area contributed by atoms with Crippen LogP contribution in [-0.2, 0) is 39.9 Å². The Labute approximate surface area is 334 Å². The van der Waals surface area contributed by atoms with Crippen LogP contribution in [0.15, 0.2) is 89.9 Å². The average Bonchev–Trinajstić information content (AvgIpc) is 3.15. The summed E-state index contributed by atoms with van der Waals surface area (Å²) in [7, 11) is 1.27. The van der Waals surface area contributed by atoms with Gasteiger partial charge in [0.2, 0.25) is 11.9 Å². The van der Waals surface area contributed by atoms with Crippen molar-refractivity contribution in [2.75, 3.05) is 36.5 Å². The highest BCUT2D eigenvalue weighted by Crippen LogP contribution is 2.38. The van der Waals surface area contributed by atoms with Gasteiger partial charge in [0.1, 0.15) is 23.3 Å². The quantitative estimate of drug-likeness (QED) is 0.0923. The maximum atomic E-state index is 14.0. The first-order valence-electron chi connectivity index (χ1n) is 19.0. The third kappa shape index (κ3) is 11.9. The Morgan fingerprint density at radius 3 is 1.96 bits per heavy atom. The minimum absolute atomic E-state index is 0.0358. The molecule has 1 saturated heterocycles. The van der Waals surface area contributed by atoms with E-state index in [4.69, 9.17) is 24.7 Å². The van der Waals surface area contributed by atoms with E-state index in [9.17, 15) is 24.0 Å². The lowest BCUT2D eigenvalue weighted by atomic mass is 9.83. The maximum absolute atomic E-state index is 14.0. The Balaban J connectivity index is 1.68. The van der Waals surface area contributed by atoms with Crippen molar-refractivity contribution in [1.82, 2.24) is 4.90 Å². The Bertz CT molecular complexity index is 1900. The van der Waals surface area contributed by atoms with E-state index in [2.05, 4.69) is 9.89 Å². The molecule has 0 aromatic heterocycles. The SMILES string of the molecule is CCC(=O)N(c1cccc(N(C(=O)OC(C)(C)C)C(N)=NC(=O)OC(C)(C)C)c1)C1(C(=O)OC)CCN(CC(C(=O)OCc2ccccc2)c2ccccc2)CC1. The minimum atomic E-state index is -1.46. The van der Waals surface area contributed by atoms with Gasteiger partial charge in [0.05, 0.1) is 18.7 Å². The minimum Gasteiger partial charge on any atom is -0.467 e. The van der Waals surface area contributed by atoms with Crippen LogP contribution in [0.5, 0.6) is 0 Å². The predicted molar refractivity (Wildman–Crippen MR) is 217 cm³/mol. The van der Waals surface area contributed by atoms with Crippen LogP contribution < -0.4 is 15.5 Å². The number of methoxy groups -OCH3 is 1. The zero-order chi connectivity index (χ0) is 42.0. The number of amides is 3. The van der Waals surface area contributed by atoms with Gasteiger partial charge in [0.25, 0.3) is 0 Å². The summed E-state index contributed by atoms with van der Waals surface area (Å²) in [5.74, 6) is -2.52. The third-order valence-electron chi connectivity index (χ3n) is 9.13. The Kier molecular flexibility index (Phi) is 14.6. The van der Waals surface area contributed by atoms with Crippen molar-refractivity contribution >= 4 is 47.4 Å². The standard InChI is InChI=1S/C43H55N5O9/c1-9-35(49)48(33-22-16-21-32(27-33)47(40(53)57-42(5,6)7)38(44)45-39(52)56-41(2,3)4)43(37(51)54-8)23-25-46(26-24-43)28-34(31-19-14-11-15-20-31)36(50)55-29-30-17-12-10-13-18-30/h10-22,27,34H,9,23-26,28-29H2,1-8H3,(H2,44,45,52). The average molecular weight is 786 g/mol. The zero-order valence-electron chi connectivity index (χ0n) is 34.2. The highest BCUT2D eigenvalue weighted by molar-refractivity contribution is 6.15. The van der Waals surface area contributed by atoms with Gasteiger partial charge in [-0.25, -0.2) is 19.3 Å². The van der Waals surface area contributed by atoms with Crippen molar-refractivity contribution in [1.29, 1.82) is 0 Å². The van der Waals surface area contributed by atoms with Gasteiger partial charge in [-0.3, -0.25) is 14.5 Å². The number of hydrogen-bond acceptors (Lipinski definition) is 10. The van der Waals surface area contributed by atoms with Crippen LogP contribution in [0.2, 0.25) is 0 Å². The van der Waals surface area contributed by atoms with Crippen LogP contribution >= 0.6 is 0 Å². The number of likely N-dealkylation sites (tertiary alicyclic amines) is 1. The van der Waals surface area contributed by atoms with E-state index in [-0.39, 0.29) is 49.1 Å². The number of esters is 2. The molecule has 14 nitrogen and oxygen atoms in total. The lowest BCUT2D eigenvalue weighted by molar-refractivity contribution is -0.152. The number of piperidine rings is 1. The molecule has 1 atom stereocenters. The van der Waals surface area contributed by atoms with Gasteiger partial charge < -0.3 is 29.6 Å². The summed E-state index contributed by atoms with van der Waals surface area (Å²) in [5.41, 5.74) is 5.03. The fourth-order valence-electron chi connectivity index (χ4n) is 6.53. The molecule has 0 saturated carbocycles. The normalized spacial score (nSPS) is 15.1. The van der Waals surface area contributed by atoms with Crippen LogP contribution in [0.25, 0.3) is 0 Å². The molecule has 1 unspecified atom stereocenters. The number of aliphatic imine (C=N–C) groups is 1. The van der Waals surface area contributed by atoms with Gasteiger partial charge in [0, 0.05) is 31.7 Å². The van der Waals surface area contributed by atoms with E-state index in [1.165, 1.54) is 24.1 Å².